The number of hydrogen-bond acceptors (Lipinski definition) is 1. The summed E-state index contributed by atoms with van der Waals surface area (Å²) in [5, 5.41) is 2.84. The first kappa shape index (κ1) is 12.5. The van der Waals surface area contributed by atoms with Gasteiger partial charge in [0.15, 0.2) is 17.5 Å². The topological polar surface area (TPSA) is 12.0 Å². The molecule has 2 aromatic rings. The minimum atomic E-state index is -1.45. The summed E-state index contributed by atoms with van der Waals surface area (Å²) in [6.07, 6.45) is 0. The van der Waals surface area contributed by atoms with E-state index in [1.54, 1.807) is 0 Å². The van der Waals surface area contributed by atoms with Crippen molar-refractivity contribution < 1.29 is 13.2 Å². The van der Waals surface area contributed by atoms with Crippen LogP contribution in [-0.4, -0.2) is 0 Å². The first-order valence-corrected chi connectivity index (χ1v) is 5.50. The van der Waals surface area contributed by atoms with Gasteiger partial charge in [-0.2, -0.15) is 0 Å². The SMILES string of the molecule is Cc1ccc(CNc2cc(F)c(F)c(F)c2)cc1. The van der Waals surface area contributed by atoms with E-state index in [-0.39, 0.29) is 5.69 Å². The van der Waals surface area contributed by atoms with E-state index in [0.717, 1.165) is 23.3 Å². The summed E-state index contributed by atoms with van der Waals surface area (Å²) in [5.74, 6) is -3.83. The van der Waals surface area contributed by atoms with Crippen LogP contribution in [0.3, 0.4) is 0 Å². The van der Waals surface area contributed by atoms with Crippen LogP contribution in [0.25, 0.3) is 0 Å². The van der Waals surface area contributed by atoms with Crippen molar-refractivity contribution in [2.75, 3.05) is 5.32 Å². The zero-order valence-corrected chi connectivity index (χ0v) is 9.81. The Kier molecular flexibility index (Phi) is 3.55. The van der Waals surface area contributed by atoms with E-state index in [1.165, 1.54) is 0 Å². The van der Waals surface area contributed by atoms with Crippen molar-refractivity contribution in [3.05, 3.63) is 65.0 Å². The predicted molar refractivity (Wildman–Crippen MR) is 64.8 cm³/mol. The minimum absolute atomic E-state index is 0.215. The van der Waals surface area contributed by atoms with Crippen molar-refractivity contribution in [1.82, 2.24) is 0 Å². The van der Waals surface area contributed by atoms with Gasteiger partial charge < -0.3 is 5.32 Å². The second-order valence-corrected chi connectivity index (χ2v) is 4.09. The first-order chi connectivity index (χ1) is 8.56. The van der Waals surface area contributed by atoms with Gasteiger partial charge in [-0.25, -0.2) is 13.2 Å². The van der Waals surface area contributed by atoms with Crippen molar-refractivity contribution in [1.29, 1.82) is 0 Å². The molecule has 18 heavy (non-hydrogen) atoms. The molecular weight excluding hydrogens is 239 g/mol. The zero-order chi connectivity index (χ0) is 13.1. The maximum atomic E-state index is 13.0. The molecule has 2 aromatic carbocycles. The van der Waals surface area contributed by atoms with Crippen LogP contribution in [0.1, 0.15) is 11.1 Å². The number of hydrogen-bond donors (Lipinski definition) is 1. The van der Waals surface area contributed by atoms with Gasteiger partial charge in [0.2, 0.25) is 0 Å². The molecular formula is C14H12F3N. The molecule has 0 amide bonds. The van der Waals surface area contributed by atoms with Gasteiger partial charge in [-0.3, -0.25) is 0 Å². The van der Waals surface area contributed by atoms with Crippen molar-refractivity contribution in [3.8, 4) is 0 Å². The van der Waals surface area contributed by atoms with Crippen LogP contribution in [0.4, 0.5) is 18.9 Å². The normalized spacial score (nSPS) is 10.4. The molecule has 0 saturated heterocycles. The van der Waals surface area contributed by atoms with Gasteiger partial charge in [0, 0.05) is 24.4 Å². The Hall–Kier alpha value is -1.97. The number of benzene rings is 2. The molecule has 0 aliphatic rings. The van der Waals surface area contributed by atoms with Crippen LogP contribution < -0.4 is 5.32 Å². The third kappa shape index (κ3) is 2.83. The highest BCUT2D eigenvalue weighted by molar-refractivity contribution is 5.44. The van der Waals surface area contributed by atoms with E-state index in [9.17, 15) is 13.2 Å². The highest BCUT2D eigenvalue weighted by Crippen LogP contribution is 2.18. The summed E-state index contributed by atoms with van der Waals surface area (Å²) in [7, 11) is 0. The Morgan fingerprint density at radius 1 is 0.944 bits per heavy atom. The smallest absolute Gasteiger partial charge is 0.194 e. The van der Waals surface area contributed by atoms with Gasteiger partial charge in [-0.05, 0) is 12.5 Å². The van der Waals surface area contributed by atoms with Crippen molar-refractivity contribution >= 4 is 5.69 Å². The van der Waals surface area contributed by atoms with Gasteiger partial charge in [-0.15, -0.1) is 0 Å². The number of nitrogens with one attached hydrogen (secondary N) is 1. The van der Waals surface area contributed by atoms with Gasteiger partial charge >= 0.3 is 0 Å². The first-order valence-electron chi connectivity index (χ1n) is 5.50. The van der Waals surface area contributed by atoms with Gasteiger partial charge in [0.1, 0.15) is 0 Å². The summed E-state index contributed by atoms with van der Waals surface area (Å²) in [4.78, 5) is 0. The molecule has 0 aliphatic heterocycles. The summed E-state index contributed by atoms with van der Waals surface area (Å²) in [5.41, 5.74) is 2.33. The Bertz CT molecular complexity index is 526. The van der Waals surface area contributed by atoms with E-state index >= 15 is 0 Å². The van der Waals surface area contributed by atoms with Crippen molar-refractivity contribution in [2.45, 2.75) is 13.5 Å². The molecule has 0 aliphatic carbocycles. The number of rotatable bonds is 3. The molecule has 1 N–H and O–H groups in total. The largest absolute Gasteiger partial charge is 0.381 e. The van der Waals surface area contributed by atoms with Crippen LogP contribution >= 0.6 is 0 Å². The summed E-state index contributed by atoms with van der Waals surface area (Å²) >= 11 is 0. The van der Waals surface area contributed by atoms with Crippen LogP contribution in [0.15, 0.2) is 36.4 Å². The molecule has 4 heteroatoms. The van der Waals surface area contributed by atoms with Crippen molar-refractivity contribution in [2.24, 2.45) is 0 Å². The standard InChI is InChI=1S/C14H12F3N/c1-9-2-4-10(5-3-9)8-18-11-6-12(15)14(17)13(16)7-11/h2-7,18H,8H2,1H3. The third-order valence-corrected chi connectivity index (χ3v) is 2.60. The molecule has 0 unspecified atom stereocenters. The van der Waals surface area contributed by atoms with Crippen LogP contribution in [0, 0.1) is 24.4 Å². The molecule has 0 atom stereocenters. The molecule has 0 heterocycles. The van der Waals surface area contributed by atoms with E-state index in [1.807, 2.05) is 31.2 Å². The predicted octanol–water partition coefficient (Wildman–Crippen LogP) is 4.02. The maximum Gasteiger partial charge on any atom is 0.194 e. The van der Waals surface area contributed by atoms with Gasteiger partial charge in [0.25, 0.3) is 0 Å². The molecule has 2 rings (SSSR count). The molecule has 0 radical (unpaired) electrons. The Labute approximate surface area is 103 Å². The van der Waals surface area contributed by atoms with Crippen LogP contribution in [0.5, 0.6) is 0 Å². The highest BCUT2D eigenvalue weighted by atomic mass is 19.2. The Morgan fingerprint density at radius 2 is 1.50 bits per heavy atom. The minimum Gasteiger partial charge on any atom is -0.381 e. The molecule has 0 aromatic heterocycles. The van der Waals surface area contributed by atoms with E-state index in [2.05, 4.69) is 5.32 Å². The fourth-order valence-corrected chi connectivity index (χ4v) is 1.57. The molecule has 1 nitrogen and oxygen atoms in total. The third-order valence-electron chi connectivity index (χ3n) is 2.60. The lowest BCUT2D eigenvalue weighted by molar-refractivity contribution is 0.447. The molecule has 0 fully saturated rings. The lowest BCUT2D eigenvalue weighted by Gasteiger charge is -2.07. The van der Waals surface area contributed by atoms with Crippen molar-refractivity contribution in [3.63, 3.8) is 0 Å². The second-order valence-electron chi connectivity index (χ2n) is 4.09. The fraction of sp³-hybridized carbons (Fsp3) is 0.143. The summed E-state index contributed by atoms with van der Waals surface area (Å²) in [6, 6.07) is 9.60. The van der Waals surface area contributed by atoms with Gasteiger partial charge in [0.05, 0.1) is 0 Å². The maximum absolute atomic E-state index is 13.0. The quantitative estimate of drug-likeness (QED) is 0.812. The molecule has 0 bridgehead atoms. The molecule has 0 spiro atoms. The molecule has 94 valence electrons. The number of halogens is 3. The van der Waals surface area contributed by atoms with E-state index in [4.69, 9.17) is 0 Å². The Balaban J connectivity index is 2.08. The lowest BCUT2D eigenvalue weighted by Crippen LogP contribution is -2.01. The average Bonchev–Trinajstić information content (AvgIpc) is 2.35. The number of aryl methyl sites for hydroxylation is 1. The highest BCUT2D eigenvalue weighted by Gasteiger charge is 2.10. The fourth-order valence-electron chi connectivity index (χ4n) is 1.57. The van der Waals surface area contributed by atoms with Crippen LogP contribution in [-0.2, 0) is 6.54 Å². The summed E-state index contributed by atoms with van der Waals surface area (Å²) in [6.45, 7) is 2.40. The molecule has 0 saturated carbocycles. The average molecular weight is 251 g/mol. The number of anilines is 1. The van der Waals surface area contributed by atoms with E-state index < -0.39 is 17.5 Å². The lowest BCUT2D eigenvalue weighted by atomic mass is 10.1. The van der Waals surface area contributed by atoms with E-state index in [0.29, 0.717) is 6.54 Å². The monoisotopic (exact) mass is 251 g/mol. The second kappa shape index (κ2) is 5.12. The zero-order valence-electron chi connectivity index (χ0n) is 9.81. The Morgan fingerprint density at radius 3 is 2.06 bits per heavy atom. The van der Waals surface area contributed by atoms with Gasteiger partial charge in [-0.1, -0.05) is 29.8 Å². The van der Waals surface area contributed by atoms with Crippen LogP contribution in [0.2, 0.25) is 0 Å². The summed E-state index contributed by atoms with van der Waals surface area (Å²) < 4.78 is 38.7.